The van der Waals surface area contributed by atoms with Crippen LogP contribution in [0.3, 0.4) is 0 Å². The number of esters is 1. The van der Waals surface area contributed by atoms with Gasteiger partial charge in [-0.2, -0.15) is 0 Å². The summed E-state index contributed by atoms with van der Waals surface area (Å²) in [5.41, 5.74) is 5.29. The molecule has 4 nitrogen and oxygen atoms in total. The average molecular weight is 161 g/mol. The Hall–Kier alpha value is -0.610. The molecule has 0 aromatic heterocycles. The molecule has 0 radical (unpaired) electrons. The summed E-state index contributed by atoms with van der Waals surface area (Å²) in [5, 5.41) is 8.47. The molecule has 1 atom stereocenters. The number of aliphatic hydroxyl groups is 1. The molecule has 0 saturated heterocycles. The van der Waals surface area contributed by atoms with Gasteiger partial charge >= 0.3 is 5.97 Å². The summed E-state index contributed by atoms with van der Waals surface area (Å²) in [6.07, 6.45) is 0. The zero-order valence-electron chi connectivity index (χ0n) is 6.91. The van der Waals surface area contributed by atoms with Crippen molar-refractivity contribution >= 4 is 5.97 Å². The maximum atomic E-state index is 10.8. The summed E-state index contributed by atoms with van der Waals surface area (Å²) in [5.74, 6) is -0.421. The molecule has 4 heteroatoms. The van der Waals surface area contributed by atoms with Crippen molar-refractivity contribution < 1.29 is 14.6 Å². The number of nitrogens with two attached hydrogens (primary N) is 1. The molecule has 0 aromatic carbocycles. The fourth-order valence-corrected chi connectivity index (χ4v) is 0.409. The van der Waals surface area contributed by atoms with E-state index in [1.807, 2.05) is 0 Å². The molecule has 11 heavy (non-hydrogen) atoms. The van der Waals surface area contributed by atoms with Crippen LogP contribution in [0.25, 0.3) is 0 Å². The largest absolute Gasteiger partial charge is 0.464 e. The molecular formula is C7H15NO3. The van der Waals surface area contributed by atoms with Crippen LogP contribution >= 0.6 is 0 Å². The number of hydrogen-bond donors (Lipinski definition) is 2. The van der Waals surface area contributed by atoms with Crippen LogP contribution in [0.1, 0.15) is 13.8 Å². The van der Waals surface area contributed by atoms with Gasteiger partial charge in [-0.3, -0.25) is 4.79 Å². The molecule has 0 unspecified atom stereocenters. The van der Waals surface area contributed by atoms with E-state index in [9.17, 15) is 4.79 Å². The maximum Gasteiger partial charge on any atom is 0.308 e. The van der Waals surface area contributed by atoms with Crippen molar-refractivity contribution in [3.8, 4) is 0 Å². The van der Waals surface area contributed by atoms with E-state index in [0.717, 1.165) is 0 Å². The van der Waals surface area contributed by atoms with Crippen LogP contribution in [0.5, 0.6) is 0 Å². The topological polar surface area (TPSA) is 72.5 Å². The first kappa shape index (κ1) is 10.4. The molecule has 0 saturated carbocycles. The lowest BCUT2D eigenvalue weighted by molar-refractivity contribution is -0.148. The molecule has 0 aliphatic heterocycles. The lowest BCUT2D eigenvalue weighted by Crippen LogP contribution is -2.32. The van der Waals surface area contributed by atoms with Crippen molar-refractivity contribution in [1.29, 1.82) is 0 Å². The van der Waals surface area contributed by atoms with Crippen molar-refractivity contribution in [2.45, 2.75) is 19.9 Å². The smallest absolute Gasteiger partial charge is 0.308 e. The molecule has 0 aliphatic rings. The molecule has 0 rings (SSSR count). The predicted octanol–water partition coefficient (Wildman–Crippen LogP) is -0.495. The molecule has 66 valence electrons. The van der Waals surface area contributed by atoms with Gasteiger partial charge in [0, 0.05) is 0 Å². The van der Waals surface area contributed by atoms with Gasteiger partial charge in [-0.05, 0) is 0 Å². The third-order valence-electron chi connectivity index (χ3n) is 1.15. The SMILES string of the molecule is CC(C)C(=O)OC[C@H](N)CO. The number of carbonyl (C=O) groups is 1. The zero-order chi connectivity index (χ0) is 8.85. The van der Waals surface area contributed by atoms with Crippen molar-refractivity contribution in [1.82, 2.24) is 0 Å². The highest BCUT2D eigenvalue weighted by atomic mass is 16.5. The summed E-state index contributed by atoms with van der Waals surface area (Å²) >= 11 is 0. The second kappa shape index (κ2) is 5.09. The van der Waals surface area contributed by atoms with E-state index in [1.165, 1.54) is 0 Å². The number of ether oxygens (including phenoxy) is 1. The standard InChI is InChI=1S/C7H15NO3/c1-5(2)7(10)11-4-6(8)3-9/h5-6,9H,3-4,8H2,1-2H3/t6-/m1/s1. The van der Waals surface area contributed by atoms with Gasteiger partial charge in [-0.1, -0.05) is 13.8 Å². The fourth-order valence-electron chi connectivity index (χ4n) is 0.409. The van der Waals surface area contributed by atoms with E-state index in [4.69, 9.17) is 15.6 Å². The van der Waals surface area contributed by atoms with Gasteiger partial charge in [-0.15, -0.1) is 0 Å². The first-order valence-corrected chi connectivity index (χ1v) is 3.61. The van der Waals surface area contributed by atoms with E-state index in [2.05, 4.69) is 0 Å². The Bertz CT molecular complexity index is 125. The van der Waals surface area contributed by atoms with Crippen LogP contribution in [-0.2, 0) is 9.53 Å². The van der Waals surface area contributed by atoms with E-state index >= 15 is 0 Å². The number of rotatable bonds is 4. The predicted molar refractivity (Wildman–Crippen MR) is 40.9 cm³/mol. The average Bonchev–Trinajstić information content (AvgIpc) is 1.99. The van der Waals surface area contributed by atoms with Crippen molar-refractivity contribution in [2.75, 3.05) is 13.2 Å². The van der Waals surface area contributed by atoms with Gasteiger partial charge in [0.25, 0.3) is 0 Å². The summed E-state index contributed by atoms with van der Waals surface area (Å²) in [6, 6.07) is -0.460. The van der Waals surface area contributed by atoms with Crippen LogP contribution in [0.4, 0.5) is 0 Å². The van der Waals surface area contributed by atoms with Crippen molar-refractivity contribution in [3.05, 3.63) is 0 Å². The van der Waals surface area contributed by atoms with E-state index in [0.29, 0.717) is 0 Å². The Kier molecular flexibility index (Phi) is 4.81. The van der Waals surface area contributed by atoms with E-state index < -0.39 is 6.04 Å². The fraction of sp³-hybridized carbons (Fsp3) is 0.857. The first-order chi connectivity index (χ1) is 5.07. The molecule has 0 aliphatic carbocycles. The van der Waals surface area contributed by atoms with Gasteiger partial charge in [0.05, 0.1) is 18.6 Å². The summed E-state index contributed by atoms with van der Waals surface area (Å²) in [6.45, 7) is 3.42. The summed E-state index contributed by atoms with van der Waals surface area (Å²) in [4.78, 5) is 10.8. The Balaban J connectivity index is 3.46. The lowest BCUT2D eigenvalue weighted by Gasteiger charge is -2.10. The van der Waals surface area contributed by atoms with Gasteiger partial charge in [-0.25, -0.2) is 0 Å². The van der Waals surface area contributed by atoms with Gasteiger partial charge in [0.1, 0.15) is 6.61 Å². The molecule has 0 spiro atoms. The molecule has 0 fully saturated rings. The first-order valence-electron chi connectivity index (χ1n) is 3.61. The third kappa shape index (κ3) is 4.75. The highest BCUT2D eigenvalue weighted by molar-refractivity contribution is 5.71. The van der Waals surface area contributed by atoms with Crippen LogP contribution in [0, 0.1) is 5.92 Å². The normalized spacial score (nSPS) is 13.2. The molecular weight excluding hydrogens is 146 g/mol. The molecule has 0 amide bonds. The quantitative estimate of drug-likeness (QED) is 0.545. The van der Waals surface area contributed by atoms with Crippen LogP contribution in [0.15, 0.2) is 0 Å². The Morgan fingerprint density at radius 2 is 2.18 bits per heavy atom. The molecule has 3 N–H and O–H groups in total. The van der Waals surface area contributed by atoms with Gasteiger partial charge in [0.15, 0.2) is 0 Å². The minimum atomic E-state index is -0.460. The molecule has 0 heterocycles. The van der Waals surface area contributed by atoms with Crippen LogP contribution in [0.2, 0.25) is 0 Å². The van der Waals surface area contributed by atoms with Crippen LogP contribution < -0.4 is 5.73 Å². The van der Waals surface area contributed by atoms with E-state index in [-0.39, 0.29) is 25.1 Å². The third-order valence-corrected chi connectivity index (χ3v) is 1.15. The summed E-state index contributed by atoms with van der Waals surface area (Å²) in [7, 11) is 0. The molecule has 0 bridgehead atoms. The Morgan fingerprint density at radius 3 is 2.55 bits per heavy atom. The van der Waals surface area contributed by atoms with Crippen LogP contribution in [-0.4, -0.2) is 30.3 Å². The van der Waals surface area contributed by atoms with E-state index in [1.54, 1.807) is 13.8 Å². The Labute approximate surface area is 66.3 Å². The number of hydrogen-bond acceptors (Lipinski definition) is 4. The van der Waals surface area contributed by atoms with Crippen molar-refractivity contribution in [3.63, 3.8) is 0 Å². The lowest BCUT2D eigenvalue weighted by atomic mass is 10.2. The number of carbonyl (C=O) groups excluding carboxylic acids is 1. The van der Waals surface area contributed by atoms with Gasteiger partial charge in [0.2, 0.25) is 0 Å². The minimum absolute atomic E-state index is 0.0908. The monoisotopic (exact) mass is 161 g/mol. The second-order valence-electron chi connectivity index (χ2n) is 2.73. The number of aliphatic hydroxyl groups excluding tert-OH is 1. The highest BCUT2D eigenvalue weighted by Crippen LogP contribution is 1.95. The van der Waals surface area contributed by atoms with Crippen molar-refractivity contribution in [2.24, 2.45) is 11.7 Å². The summed E-state index contributed by atoms with van der Waals surface area (Å²) < 4.78 is 4.73. The highest BCUT2D eigenvalue weighted by Gasteiger charge is 2.09. The zero-order valence-corrected chi connectivity index (χ0v) is 6.91. The second-order valence-corrected chi connectivity index (χ2v) is 2.73. The maximum absolute atomic E-state index is 10.8. The Morgan fingerprint density at radius 1 is 1.64 bits per heavy atom. The minimum Gasteiger partial charge on any atom is -0.464 e. The molecule has 0 aromatic rings. The van der Waals surface area contributed by atoms with Gasteiger partial charge < -0.3 is 15.6 Å².